The first-order chi connectivity index (χ1) is 11.0. The van der Waals surface area contributed by atoms with Crippen LogP contribution in [0.5, 0.6) is 0 Å². The minimum atomic E-state index is -0.876. The van der Waals surface area contributed by atoms with E-state index in [1.54, 1.807) is 23.2 Å². The molecule has 0 spiro atoms. The van der Waals surface area contributed by atoms with Crippen LogP contribution in [-0.4, -0.2) is 40.4 Å². The van der Waals surface area contributed by atoms with Crippen molar-refractivity contribution in [2.75, 3.05) is 6.54 Å². The van der Waals surface area contributed by atoms with Crippen LogP contribution in [-0.2, 0) is 27.3 Å². The van der Waals surface area contributed by atoms with E-state index in [-0.39, 0.29) is 37.1 Å². The second-order valence-corrected chi connectivity index (χ2v) is 6.84. The number of thiophene rings is 1. The van der Waals surface area contributed by atoms with Gasteiger partial charge in [0.2, 0.25) is 11.8 Å². The first-order valence-electron chi connectivity index (χ1n) is 7.80. The van der Waals surface area contributed by atoms with Crippen molar-refractivity contribution >= 4 is 29.1 Å². The quantitative estimate of drug-likeness (QED) is 0.793. The number of carboxylic acids is 1. The summed E-state index contributed by atoms with van der Waals surface area (Å²) in [6.07, 6.45) is 1.64. The van der Waals surface area contributed by atoms with Gasteiger partial charge in [-0.05, 0) is 36.8 Å². The summed E-state index contributed by atoms with van der Waals surface area (Å²) in [7, 11) is 0. The Kier molecular flexibility index (Phi) is 6.15. The average Bonchev–Trinajstić information content (AvgIpc) is 2.98. The molecule has 0 aromatic carbocycles. The van der Waals surface area contributed by atoms with Gasteiger partial charge in [-0.15, -0.1) is 11.3 Å². The van der Waals surface area contributed by atoms with Gasteiger partial charge < -0.3 is 15.3 Å². The van der Waals surface area contributed by atoms with Gasteiger partial charge in [0.05, 0.1) is 0 Å². The lowest BCUT2D eigenvalue weighted by Gasteiger charge is -2.27. The van der Waals surface area contributed by atoms with Crippen molar-refractivity contribution in [1.82, 2.24) is 10.2 Å². The average molecular weight is 338 g/mol. The molecule has 23 heavy (non-hydrogen) atoms. The second-order valence-electron chi connectivity index (χ2n) is 5.84. The van der Waals surface area contributed by atoms with Crippen LogP contribution >= 0.6 is 11.3 Å². The topological polar surface area (TPSA) is 86.7 Å². The lowest BCUT2D eigenvalue weighted by molar-refractivity contribution is -0.137. The molecule has 2 amide bonds. The standard InChI is InChI=1S/C16H22N2O4S/c1-11(2-5-16(21)22)17-14(19)3-4-15(20)18-8-6-13-12(10-18)7-9-23-13/h7,9,11H,2-6,8,10H2,1H3,(H,17,19)(H,21,22). The summed E-state index contributed by atoms with van der Waals surface area (Å²) >= 11 is 1.73. The number of carbonyl (C=O) groups excluding carboxylic acids is 2. The molecule has 0 bridgehead atoms. The van der Waals surface area contributed by atoms with Gasteiger partial charge in [-0.2, -0.15) is 0 Å². The number of rotatable bonds is 7. The summed E-state index contributed by atoms with van der Waals surface area (Å²) in [5.74, 6) is -1.08. The fourth-order valence-corrected chi connectivity index (χ4v) is 3.49. The predicted molar refractivity (Wildman–Crippen MR) is 87.1 cm³/mol. The van der Waals surface area contributed by atoms with Gasteiger partial charge in [-0.3, -0.25) is 14.4 Å². The summed E-state index contributed by atoms with van der Waals surface area (Å²) < 4.78 is 0. The van der Waals surface area contributed by atoms with Crippen LogP contribution in [0.3, 0.4) is 0 Å². The molecular weight excluding hydrogens is 316 g/mol. The van der Waals surface area contributed by atoms with E-state index in [1.807, 2.05) is 5.38 Å². The van der Waals surface area contributed by atoms with E-state index < -0.39 is 5.97 Å². The van der Waals surface area contributed by atoms with Crippen molar-refractivity contribution in [3.8, 4) is 0 Å². The molecular formula is C16H22N2O4S. The Morgan fingerprint density at radius 3 is 2.87 bits per heavy atom. The molecule has 0 saturated carbocycles. The highest BCUT2D eigenvalue weighted by Gasteiger charge is 2.22. The molecule has 0 radical (unpaired) electrons. The zero-order chi connectivity index (χ0) is 16.8. The zero-order valence-electron chi connectivity index (χ0n) is 13.2. The Labute approximate surface area is 139 Å². The van der Waals surface area contributed by atoms with Crippen molar-refractivity contribution in [3.05, 3.63) is 21.9 Å². The molecule has 2 rings (SSSR count). The largest absolute Gasteiger partial charge is 0.481 e. The molecule has 126 valence electrons. The number of nitrogens with zero attached hydrogens (tertiary/aromatic N) is 1. The molecule has 1 aliphatic heterocycles. The fourth-order valence-electron chi connectivity index (χ4n) is 2.60. The highest BCUT2D eigenvalue weighted by molar-refractivity contribution is 7.10. The Morgan fingerprint density at radius 1 is 1.35 bits per heavy atom. The third-order valence-corrected chi connectivity index (χ3v) is 4.95. The van der Waals surface area contributed by atoms with Crippen molar-refractivity contribution in [2.45, 2.75) is 51.6 Å². The van der Waals surface area contributed by atoms with Crippen LogP contribution in [0.1, 0.15) is 43.0 Å². The number of hydrogen-bond acceptors (Lipinski definition) is 4. The molecule has 2 heterocycles. The molecule has 1 aromatic heterocycles. The Morgan fingerprint density at radius 2 is 2.13 bits per heavy atom. The lowest BCUT2D eigenvalue weighted by Crippen LogP contribution is -2.37. The molecule has 1 aliphatic rings. The first-order valence-corrected chi connectivity index (χ1v) is 8.68. The van der Waals surface area contributed by atoms with Crippen LogP contribution < -0.4 is 5.32 Å². The van der Waals surface area contributed by atoms with E-state index >= 15 is 0 Å². The van der Waals surface area contributed by atoms with Gasteiger partial charge in [-0.25, -0.2) is 0 Å². The third-order valence-electron chi connectivity index (χ3n) is 3.92. The Hall–Kier alpha value is -1.89. The van der Waals surface area contributed by atoms with Gasteiger partial charge in [0.1, 0.15) is 0 Å². The van der Waals surface area contributed by atoms with E-state index in [0.717, 1.165) is 6.42 Å². The number of carboxylic acid groups (broad SMARTS) is 1. The minimum Gasteiger partial charge on any atom is -0.481 e. The molecule has 0 saturated heterocycles. The molecule has 0 aliphatic carbocycles. The maximum atomic E-state index is 12.2. The molecule has 2 N–H and O–H groups in total. The maximum Gasteiger partial charge on any atom is 0.303 e. The van der Waals surface area contributed by atoms with Crippen molar-refractivity contribution in [3.63, 3.8) is 0 Å². The van der Waals surface area contributed by atoms with Crippen molar-refractivity contribution in [2.24, 2.45) is 0 Å². The summed E-state index contributed by atoms with van der Waals surface area (Å²) in [6.45, 7) is 3.11. The molecule has 1 atom stereocenters. The van der Waals surface area contributed by atoms with Crippen LogP contribution in [0.25, 0.3) is 0 Å². The summed E-state index contributed by atoms with van der Waals surface area (Å²) in [5.41, 5.74) is 1.21. The van der Waals surface area contributed by atoms with Gasteiger partial charge in [0.25, 0.3) is 0 Å². The summed E-state index contributed by atoms with van der Waals surface area (Å²) in [4.78, 5) is 37.7. The Balaban J connectivity index is 1.70. The summed E-state index contributed by atoms with van der Waals surface area (Å²) in [6, 6.07) is 1.85. The minimum absolute atomic E-state index is 0.00445. The lowest BCUT2D eigenvalue weighted by atomic mass is 10.1. The van der Waals surface area contributed by atoms with Gasteiger partial charge >= 0.3 is 5.97 Å². The number of amides is 2. The van der Waals surface area contributed by atoms with E-state index in [2.05, 4.69) is 11.4 Å². The fraction of sp³-hybridized carbons (Fsp3) is 0.562. The number of fused-ring (bicyclic) bond motifs is 1. The van der Waals surface area contributed by atoms with Crippen LogP contribution in [0.2, 0.25) is 0 Å². The van der Waals surface area contributed by atoms with Crippen molar-refractivity contribution < 1.29 is 19.5 Å². The van der Waals surface area contributed by atoms with Gasteiger partial charge in [0, 0.05) is 43.3 Å². The van der Waals surface area contributed by atoms with E-state index in [1.165, 1.54) is 10.4 Å². The maximum absolute atomic E-state index is 12.2. The van der Waals surface area contributed by atoms with E-state index in [0.29, 0.717) is 19.5 Å². The third kappa shape index (κ3) is 5.35. The molecule has 7 heteroatoms. The number of carbonyl (C=O) groups is 3. The highest BCUT2D eigenvalue weighted by Crippen LogP contribution is 2.24. The molecule has 6 nitrogen and oxygen atoms in total. The van der Waals surface area contributed by atoms with Gasteiger partial charge in [-0.1, -0.05) is 0 Å². The van der Waals surface area contributed by atoms with Gasteiger partial charge in [0.15, 0.2) is 0 Å². The molecule has 1 unspecified atom stereocenters. The van der Waals surface area contributed by atoms with E-state index in [4.69, 9.17) is 5.11 Å². The molecule has 0 fully saturated rings. The van der Waals surface area contributed by atoms with Crippen LogP contribution in [0.4, 0.5) is 0 Å². The number of aliphatic carboxylic acids is 1. The van der Waals surface area contributed by atoms with E-state index in [9.17, 15) is 14.4 Å². The Bertz CT molecular complexity index is 584. The normalized spacial score (nSPS) is 14.9. The number of hydrogen-bond donors (Lipinski definition) is 2. The smallest absolute Gasteiger partial charge is 0.303 e. The van der Waals surface area contributed by atoms with Crippen molar-refractivity contribution in [1.29, 1.82) is 0 Å². The SMILES string of the molecule is CC(CCC(=O)O)NC(=O)CCC(=O)N1CCc2sccc2C1. The first kappa shape index (κ1) is 17.5. The van der Waals surface area contributed by atoms with Crippen LogP contribution in [0, 0.1) is 0 Å². The predicted octanol–water partition coefficient (Wildman–Crippen LogP) is 1.78. The highest BCUT2D eigenvalue weighted by atomic mass is 32.1. The number of nitrogens with one attached hydrogen (secondary N) is 1. The summed E-state index contributed by atoms with van der Waals surface area (Å²) in [5, 5.41) is 13.4. The van der Waals surface area contributed by atoms with Crippen LogP contribution in [0.15, 0.2) is 11.4 Å². The monoisotopic (exact) mass is 338 g/mol. The second kappa shape index (κ2) is 8.10. The molecule has 1 aromatic rings. The zero-order valence-corrected chi connectivity index (χ0v) is 14.0.